The zero-order valence-electron chi connectivity index (χ0n) is 16.3. The van der Waals surface area contributed by atoms with E-state index in [9.17, 15) is 9.59 Å². The number of hydrogen-bond acceptors (Lipinski definition) is 6. The molecule has 1 aliphatic rings. The number of likely N-dealkylation sites (N-methyl/N-ethyl adjacent to an activating group) is 1. The van der Waals surface area contributed by atoms with E-state index >= 15 is 0 Å². The molecule has 1 atom stereocenters. The minimum atomic E-state index is -1.68. The Hall–Kier alpha value is -3.29. The zero-order chi connectivity index (χ0) is 20.3. The fourth-order valence-electron chi connectivity index (χ4n) is 3.06. The number of fused-ring (bicyclic) bond motifs is 1. The van der Waals surface area contributed by atoms with Crippen molar-refractivity contribution in [3.8, 4) is 17.2 Å². The molecule has 3 rings (SSSR count). The molecule has 148 valence electrons. The van der Waals surface area contributed by atoms with Crippen LogP contribution >= 0.6 is 0 Å². The largest absolute Gasteiger partial charge is 0.493 e. The Morgan fingerprint density at radius 1 is 1.25 bits per heavy atom. The second-order valence-electron chi connectivity index (χ2n) is 6.38. The molecule has 0 radical (unpaired) electrons. The van der Waals surface area contributed by atoms with Gasteiger partial charge in [0.25, 0.3) is 17.4 Å². The molecule has 2 heterocycles. The first kappa shape index (κ1) is 19.5. The molecule has 1 aromatic carbocycles. The van der Waals surface area contributed by atoms with Crippen LogP contribution in [0.2, 0.25) is 0 Å². The Bertz CT molecular complexity index is 901. The smallest absolute Gasteiger partial charge is 0.282 e. The highest BCUT2D eigenvalue weighted by Gasteiger charge is 2.50. The van der Waals surface area contributed by atoms with Crippen LogP contribution in [0.3, 0.4) is 0 Å². The number of benzene rings is 1. The molecule has 0 saturated heterocycles. The average Bonchev–Trinajstić information content (AvgIpc) is 2.72. The number of rotatable bonds is 6. The summed E-state index contributed by atoms with van der Waals surface area (Å²) < 4.78 is 16.3. The Morgan fingerprint density at radius 3 is 2.68 bits per heavy atom. The Labute approximate surface area is 163 Å². The van der Waals surface area contributed by atoms with Crippen LogP contribution in [0, 0.1) is 0 Å². The first-order chi connectivity index (χ1) is 13.4. The van der Waals surface area contributed by atoms with E-state index in [1.165, 1.54) is 11.8 Å². The standard InChI is InChI=1S/C20H23N3O5/c1-5-23-17-15(7-6-10-21-17)28-20(2,19(23)25)18(24)22-12-13-8-9-14(26-3)16(11-13)27-4/h6-11H,5,12H2,1-4H3,(H,22,24). The third-order valence-electron chi connectivity index (χ3n) is 4.62. The molecule has 1 N–H and O–H groups in total. The van der Waals surface area contributed by atoms with E-state index in [4.69, 9.17) is 14.2 Å². The fraction of sp³-hybridized carbons (Fsp3) is 0.350. The van der Waals surface area contributed by atoms with Gasteiger partial charge in [-0.05, 0) is 43.7 Å². The molecule has 1 aromatic heterocycles. The van der Waals surface area contributed by atoms with Crippen LogP contribution in [0.1, 0.15) is 19.4 Å². The summed E-state index contributed by atoms with van der Waals surface area (Å²) in [5.41, 5.74) is -0.880. The predicted octanol–water partition coefficient (Wildman–Crippen LogP) is 1.92. The minimum Gasteiger partial charge on any atom is -0.493 e. The van der Waals surface area contributed by atoms with E-state index < -0.39 is 17.4 Å². The summed E-state index contributed by atoms with van der Waals surface area (Å²) in [4.78, 5) is 31.5. The van der Waals surface area contributed by atoms with Crippen molar-refractivity contribution in [1.82, 2.24) is 10.3 Å². The molecule has 1 aliphatic heterocycles. The maximum atomic E-state index is 12.9. The Balaban J connectivity index is 1.79. The maximum Gasteiger partial charge on any atom is 0.282 e. The number of carbonyl (C=O) groups is 2. The van der Waals surface area contributed by atoms with Crippen LogP contribution in [0.4, 0.5) is 5.82 Å². The Morgan fingerprint density at radius 2 is 2.00 bits per heavy atom. The van der Waals surface area contributed by atoms with E-state index in [-0.39, 0.29) is 6.54 Å². The van der Waals surface area contributed by atoms with Crippen molar-refractivity contribution in [2.24, 2.45) is 0 Å². The molecular formula is C20H23N3O5. The molecule has 8 nitrogen and oxygen atoms in total. The SMILES string of the molecule is CCN1C(=O)C(C)(C(=O)NCc2ccc(OC)c(OC)c2)Oc2cccnc21. The topological polar surface area (TPSA) is 90.0 Å². The van der Waals surface area contributed by atoms with Crippen molar-refractivity contribution in [2.75, 3.05) is 25.7 Å². The number of amides is 2. The molecule has 0 bridgehead atoms. The van der Waals surface area contributed by atoms with E-state index in [1.54, 1.807) is 44.7 Å². The first-order valence-electron chi connectivity index (χ1n) is 8.89. The van der Waals surface area contributed by atoms with Crippen LogP contribution < -0.4 is 24.4 Å². The quantitative estimate of drug-likeness (QED) is 0.764. The van der Waals surface area contributed by atoms with Crippen LogP contribution in [-0.2, 0) is 16.1 Å². The number of hydrogen-bond donors (Lipinski definition) is 1. The molecule has 2 amide bonds. The molecule has 0 fully saturated rings. The predicted molar refractivity (Wildman–Crippen MR) is 103 cm³/mol. The molecule has 1 unspecified atom stereocenters. The van der Waals surface area contributed by atoms with Crippen molar-refractivity contribution in [3.05, 3.63) is 42.1 Å². The first-order valence-corrected chi connectivity index (χ1v) is 8.89. The van der Waals surface area contributed by atoms with Crippen molar-refractivity contribution in [3.63, 3.8) is 0 Å². The van der Waals surface area contributed by atoms with Gasteiger partial charge in [0, 0.05) is 19.3 Å². The summed E-state index contributed by atoms with van der Waals surface area (Å²) in [5, 5.41) is 2.78. The number of aromatic nitrogens is 1. The zero-order valence-corrected chi connectivity index (χ0v) is 16.3. The molecule has 8 heteroatoms. The van der Waals surface area contributed by atoms with Crippen LogP contribution in [0.15, 0.2) is 36.5 Å². The summed E-state index contributed by atoms with van der Waals surface area (Å²) in [6, 6.07) is 8.72. The highest BCUT2D eigenvalue weighted by atomic mass is 16.5. The van der Waals surface area contributed by atoms with Gasteiger partial charge in [-0.25, -0.2) is 4.98 Å². The van der Waals surface area contributed by atoms with Gasteiger partial charge < -0.3 is 19.5 Å². The van der Waals surface area contributed by atoms with Crippen molar-refractivity contribution in [1.29, 1.82) is 0 Å². The van der Waals surface area contributed by atoms with Gasteiger partial charge >= 0.3 is 0 Å². The summed E-state index contributed by atoms with van der Waals surface area (Å²) >= 11 is 0. The number of carbonyl (C=O) groups excluding carboxylic acids is 2. The monoisotopic (exact) mass is 385 g/mol. The van der Waals surface area contributed by atoms with Crippen molar-refractivity contribution in [2.45, 2.75) is 26.0 Å². The number of nitrogens with zero attached hydrogens (tertiary/aromatic N) is 2. The lowest BCUT2D eigenvalue weighted by atomic mass is 10.0. The minimum absolute atomic E-state index is 0.206. The molecule has 28 heavy (non-hydrogen) atoms. The van der Waals surface area contributed by atoms with E-state index in [0.717, 1.165) is 5.56 Å². The van der Waals surface area contributed by atoms with Crippen molar-refractivity contribution >= 4 is 17.6 Å². The number of ether oxygens (including phenoxy) is 3. The lowest BCUT2D eigenvalue weighted by Crippen LogP contribution is -2.62. The molecular weight excluding hydrogens is 362 g/mol. The Kier molecular flexibility index (Phi) is 5.39. The number of methoxy groups -OCH3 is 2. The second-order valence-corrected chi connectivity index (χ2v) is 6.38. The van der Waals surface area contributed by atoms with E-state index in [1.807, 2.05) is 13.0 Å². The van der Waals surface area contributed by atoms with Crippen LogP contribution in [-0.4, -0.2) is 43.2 Å². The summed E-state index contributed by atoms with van der Waals surface area (Å²) in [5.74, 6) is 0.986. The normalized spacial score (nSPS) is 18.1. The molecule has 0 spiro atoms. The highest BCUT2D eigenvalue weighted by molar-refractivity contribution is 6.16. The van der Waals surface area contributed by atoms with Gasteiger partial charge in [-0.1, -0.05) is 6.07 Å². The molecule has 2 aromatic rings. The number of nitrogens with one attached hydrogen (secondary N) is 1. The van der Waals surface area contributed by atoms with Gasteiger partial charge in [-0.3, -0.25) is 14.5 Å². The van der Waals surface area contributed by atoms with E-state index in [0.29, 0.717) is 29.6 Å². The van der Waals surface area contributed by atoms with Gasteiger partial charge in [0.05, 0.1) is 14.2 Å². The van der Waals surface area contributed by atoms with Gasteiger partial charge in [0.2, 0.25) is 0 Å². The number of anilines is 1. The summed E-state index contributed by atoms with van der Waals surface area (Å²) in [6.07, 6.45) is 1.58. The van der Waals surface area contributed by atoms with Gasteiger partial charge in [0.15, 0.2) is 23.1 Å². The van der Waals surface area contributed by atoms with Gasteiger partial charge in [0.1, 0.15) is 0 Å². The third kappa shape index (κ3) is 3.33. The molecule has 0 saturated carbocycles. The highest BCUT2D eigenvalue weighted by Crippen LogP contribution is 2.36. The number of pyridine rings is 1. The van der Waals surface area contributed by atoms with Crippen LogP contribution in [0.5, 0.6) is 17.2 Å². The lowest BCUT2D eigenvalue weighted by Gasteiger charge is -2.38. The summed E-state index contributed by atoms with van der Waals surface area (Å²) in [7, 11) is 3.10. The third-order valence-corrected chi connectivity index (χ3v) is 4.62. The molecule has 0 aliphatic carbocycles. The fourth-order valence-corrected chi connectivity index (χ4v) is 3.06. The lowest BCUT2D eigenvalue weighted by molar-refractivity contribution is -0.148. The van der Waals surface area contributed by atoms with Crippen LogP contribution in [0.25, 0.3) is 0 Å². The average molecular weight is 385 g/mol. The van der Waals surface area contributed by atoms with Gasteiger partial charge in [-0.15, -0.1) is 0 Å². The van der Waals surface area contributed by atoms with E-state index in [2.05, 4.69) is 10.3 Å². The van der Waals surface area contributed by atoms with Gasteiger partial charge in [-0.2, -0.15) is 0 Å². The maximum absolute atomic E-state index is 12.9. The second kappa shape index (κ2) is 7.75. The van der Waals surface area contributed by atoms with Crippen molar-refractivity contribution < 1.29 is 23.8 Å². The summed E-state index contributed by atoms with van der Waals surface area (Å²) in [6.45, 7) is 3.88.